The molecule has 4 fully saturated rings. The van der Waals surface area contributed by atoms with Crippen molar-refractivity contribution in [3.63, 3.8) is 0 Å². The lowest BCUT2D eigenvalue weighted by molar-refractivity contribution is -0.0399. The van der Waals surface area contributed by atoms with Gasteiger partial charge in [0.1, 0.15) is 11.2 Å². The third kappa shape index (κ3) is 3.69. The van der Waals surface area contributed by atoms with Crippen LogP contribution in [0.5, 0.6) is 0 Å². The lowest BCUT2D eigenvalue weighted by atomic mass is 9.43. The van der Waals surface area contributed by atoms with Gasteiger partial charge < -0.3 is 9.32 Å². The van der Waals surface area contributed by atoms with Crippen molar-refractivity contribution in [2.45, 2.75) is 37.5 Å². The van der Waals surface area contributed by atoms with Gasteiger partial charge in [-0.2, -0.15) is 0 Å². The Morgan fingerprint density at radius 2 is 1.08 bits per heavy atom. The zero-order valence-electron chi connectivity index (χ0n) is 27.0. The summed E-state index contributed by atoms with van der Waals surface area (Å²) in [5, 5.41) is 2.28. The predicted octanol–water partition coefficient (Wildman–Crippen LogP) is 12.4. The zero-order chi connectivity index (χ0) is 31.4. The fraction of sp³-hybridized carbons (Fsp3) is 0.217. The molecule has 232 valence electrons. The highest BCUT2D eigenvalue weighted by Gasteiger charge is 2.61. The van der Waals surface area contributed by atoms with Gasteiger partial charge in [-0.15, -0.1) is 0 Å². The van der Waals surface area contributed by atoms with Crippen LogP contribution in [0.15, 0.2) is 144 Å². The van der Waals surface area contributed by atoms with Crippen molar-refractivity contribution in [1.29, 1.82) is 0 Å². The van der Waals surface area contributed by atoms with E-state index in [1.807, 2.05) is 12.1 Å². The standard InChI is InChI=1S/C46H37NO/c1-2-8-35(9-3-1)47(37-19-21-45-41(28-37)40-11-5-7-13-44(40)48-45)36-17-14-31(15-18-36)32-16-20-39-38-10-4-6-12-42(38)46(43(39)27-32)33-23-29-22-30(25-33)26-34(46)24-29/h1-21,27-30,33-34H,22-26H2. The van der Waals surface area contributed by atoms with Gasteiger partial charge in [0.25, 0.3) is 0 Å². The molecule has 7 aromatic rings. The van der Waals surface area contributed by atoms with E-state index in [0.29, 0.717) is 0 Å². The maximum absolute atomic E-state index is 6.17. The van der Waals surface area contributed by atoms with Gasteiger partial charge in [0.05, 0.1) is 0 Å². The summed E-state index contributed by atoms with van der Waals surface area (Å²) < 4.78 is 6.17. The molecule has 1 spiro atoms. The topological polar surface area (TPSA) is 16.4 Å². The number of hydrogen-bond acceptors (Lipinski definition) is 2. The van der Waals surface area contributed by atoms with Crippen LogP contribution in [0.4, 0.5) is 17.1 Å². The summed E-state index contributed by atoms with van der Waals surface area (Å²) in [7, 11) is 0. The SMILES string of the molecule is c1ccc(N(c2ccc(-c3ccc4c(c3)C3(c5ccccc5-4)C4CC5CC(C4)CC3C5)cc2)c2ccc3oc4ccccc4c3c2)cc1. The van der Waals surface area contributed by atoms with E-state index < -0.39 is 0 Å². The number of rotatable bonds is 4. The highest BCUT2D eigenvalue weighted by Crippen LogP contribution is 2.69. The van der Waals surface area contributed by atoms with E-state index >= 15 is 0 Å². The normalized spacial score (nSPS) is 24.8. The Balaban J connectivity index is 1.01. The van der Waals surface area contributed by atoms with E-state index in [-0.39, 0.29) is 5.41 Å². The van der Waals surface area contributed by atoms with Gasteiger partial charge in [-0.3, -0.25) is 0 Å². The second-order valence-electron chi connectivity index (χ2n) is 15.0. The summed E-state index contributed by atoms with van der Waals surface area (Å²) in [4.78, 5) is 2.36. The molecule has 0 aliphatic heterocycles. The van der Waals surface area contributed by atoms with E-state index in [0.717, 1.165) is 62.7 Å². The number of fused-ring (bicyclic) bond motifs is 6. The van der Waals surface area contributed by atoms with Gasteiger partial charge in [-0.25, -0.2) is 0 Å². The van der Waals surface area contributed by atoms with Crippen LogP contribution in [0.2, 0.25) is 0 Å². The maximum Gasteiger partial charge on any atom is 0.135 e. The van der Waals surface area contributed by atoms with Gasteiger partial charge in [-0.1, -0.05) is 84.9 Å². The zero-order valence-corrected chi connectivity index (χ0v) is 27.0. The molecule has 5 aliphatic carbocycles. The van der Waals surface area contributed by atoms with Gasteiger partial charge in [0.15, 0.2) is 0 Å². The largest absolute Gasteiger partial charge is 0.456 e. The van der Waals surface area contributed by atoms with Crippen molar-refractivity contribution < 1.29 is 4.42 Å². The summed E-state index contributed by atoms with van der Waals surface area (Å²) in [5.41, 5.74) is 14.2. The van der Waals surface area contributed by atoms with Gasteiger partial charge >= 0.3 is 0 Å². The fourth-order valence-corrected chi connectivity index (χ4v) is 11.0. The highest BCUT2D eigenvalue weighted by atomic mass is 16.3. The minimum absolute atomic E-state index is 0.190. The van der Waals surface area contributed by atoms with E-state index in [9.17, 15) is 0 Å². The lowest BCUT2D eigenvalue weighted by Gasteiger charge is -2.61. The quantitative estimate of drug-likeness (QED) is 0.195. The van der Waals surface area contributed by atoms with Crippen molar-refractivity contribution in [3.8, 4) is 22.3 Å². The predicted molar refractivity (Wildman–Crippen MR) is 197 cm³/mol. The van der Waals surface area contributed by atoms with Crippen LogP contribution in [0, 0.1) is 23.7 Å². The van der Waals surface area contributed by atoms with Crippen LogP contribution in [-0.4, -0.2) is 0 Å². The average Bonchev–Trinajstić information content (AvgIpc) is 3.64. The molecule has 48 heavy (non-hydrogen) atoms. The number of furan rings is 1. The second-order valence-corrected chi connectivity index (χ2v) is 15.0. The number of para-hydroxylation sites is 2. The molecule has 0 saturated heterocycles. The molecule has 2 heteroatoms. The first-order valence-corrected chi connectivity index (χ1v) is 17.9. The summed E-state index contributed by atoms with van der Waals surface area (Å²) >= 11 is 0. The van der Waals surface area contributed by atoms with Crippen LogP contribution in [0.1, 0.15) is 43.2 Å². The Labute approximate surface area is 281 Å². The first kappa shape index (κ1) is 26.9. The van der Waals surface area contributed by atoms with Crippen molar-refractivity contribution >= 4 is 39.0 Å². The molecule has 0 atom stereocenters. The van der Waals surface area contributed by atoms with Crippen LogP contribution in [-0.2, 0) is 5.41 Å². The number of benzene rings is 6. The maximum atomic E-state index is 6.17. The molecular formula is C46H37NO. The van der Waals surface area contributed by atoms with Crippen molar-refractivity contribution in [2.75, 3.05) is 4.90 Å². The molecule has 0 N–H and O–H groups in total. The van der Waals surface area contributed by atoms with Crippen LogP contribution >= 0.6 is 0 Å². The number of hydrogen-bond donors (Lipinski definition) is 0. The molecule has 0 unspecified atom stereocenters. The summed E-state index contributed by atoms with van der Waals surface area (Å²) in [6, 6.07) is 51.6. The molecule has 4 saturated carbocycles. The minimum Gasteiger partial charge on any atom is -0.456 e. The molecular weight excluding hydrogens is 583 g/mol. The van der Waals surface area contributed by atoms with E-state index in [2.05, 4.69) is 132 Å². The van der Waals surface area contributed by atoms with E-state index in [4.69, 9.17) is 4.42 Å². The fourth-order valence-electron chi connectivity index (χ4n) is 11.0. The monoisotopic (exact) mass is 619 g/mol. The molecule has 4 bridgehead atoms. The third-order valence-corrected chi connectivity index (χ3v) is 12.6. The second kappa shape index (κ2) is 9.97. The minimum atomic E-state index is 0.190. The molecule has 1 aromatic heterocycles. The van der Waals surface area contributed by atoms with E-state index in [1.54, 1.807) is 11.1 Å². The summed E-state index contributed by atoms with van der Waals surface area (Å²) in [6.45, 7) is 0. The Morgan fingerprint density at radius 1 is 0.458 bits per heavy atom. The highest BCUT2D eigenvalue weighted by molar-refractivity contribution is 6.06. The van der Waals surface area contributed by atoms with Crippen LogP contribution in [0.25, 0.3) is 44.2 Å². The van der Waals surface area contributed by atoms with Crippen molar-refractivity contribution in [1.82, 2.24) is 0 Å². The first-order valence-electron chi connectivity index (χ1n) is 17.9. The first-order chi connectivity index (χ1) is 23.7. The number of anilines is 3. The smallest absolute Gasteiger partial charge is 0.135 e. The molecule has 0 amide bonds. The van der Waals surface area contributed by atoms with Crippen LogP contribution in [0.3, 0.4) is 0 Å². The Morgan fingerprint density at radius 3 is 1.90 bits per heavy atom. The molecule has 5 aliphatic rings. The average molecular weight is 620 g/mol. The Hall–Kier alpha value is -5.08. The van der Waals surface area contributed by atoms with Crippen molar-refractivity contribution in [3.05, 3.63) is 151 Å². The van der Waals surface area contributed by atoms with Crippen LogP contribution < -0.4 is 4.90 Å². The van der Waals surface area contributed by atoms with Gasteiger partial charge in [0, 0.05) is 33.2 Å². The third-order valence-electron chi connectivity index (χ3n) is 12.6. The lowest BCUT2D eigenvalue weighted by Crippen LogP contribution is -2.55. The Bertz CT molecular complexity index is 2340. The number of nitrogens with zero attached hydrogens (tertiary/aromatic N) is 1. The molecule has 1 heterocycles. The van der Waals surface area contributed by atoms with E-state index in [1.165, 1.54) is 54.4 Å². The van der Waals surface area contributed by atoms with Crippen molar-refractivity contribution in [2.24, 2.45) is 23.7 Å². The summed E-state index contributed by atoms with van der Waals surface area (Å²) in [5.74, 6) is 3.45. The Kier molecular flexibility index (Phi) is 5.59. The molecule has 2 nitrogen and oxygen atoms in total. The summed E-state index contributed by atoms with van der Waals surface area (Å²) in [6.07, 6.45) is 7.13. The van der Waals surface area contributed by atoms with Gasteiger partial charge in [-0.05, 0) is 144 Å². The van der Waals surface area contributed by atoms with Gasteiger partial charge in [0.2, 0.25) is 0 Å². The molecule has 12 rings (SSSR count). The molecule has 6 aromatic carbocycles. The molecule has 0 radical (unpaired) electrons.